The van der Waals surface area contributed by atoms with Gasteiger partial charge < -0.3 is 5.32 Å². The number of quaternary nitrogens is 1. The lowest BCUT2D eigenvalue weighted by Gasteiger charge is -2.13. The van der Waals surface area contributed by atoms with Gasteiger partial charge in [-0.15, -0.1) is 0 Å². The molecule has 0 spiro atoms. The van der Waals surface area contributed by atoms with Gasteiger partial charge in [0.1, 0.15) is 0 Å². The van der Waals surface area contributed by atoms with Crippen LogP contribution in [0.4, 0.5) is 0 Å². The van der Waals surface area contributed by atoms with Gasteiger partial charge in [0, 0.05) is 5.92 Å². The summed E-state index contributed by atoms with van der Waals surface area (Å²) in [4.78, 5) is 0. The molecule has 0 amide bonds. The summed E-state index contributed by atoms with van der Waals surface area (Å²) in [5.41, 5.74) is 0. The van der Waals surface area contributed by atoms with Crippen LogP contribution in [0, 0.1) is 5.92 Å². The van der Waals surface area contributed by atoms with Gasteiger partial charge >= 0.3 is 0 Å². The molecule has 0 bridgehead atoms. The van der Waals surface area contributed by atoms with Gasteiger partial charge in [-0.3, -0.25) is 0 Å². The Kier molecular flexibility index (Phi) is 7.58. The molecule has 74 valence electrons. The SMILES string of the molecule is CCCCCC[NH2+][C@@H](C)C(C)C. The second-order valence-corrected chi connectivity index (χ2v) is 4.19. The Bertz CT molecular complexity index is 89.0. The number of rotatable bonds is 7. The van der Waals surface area contributed by atoms with Gasteiger partial charge in [0.25, 0.3) is 0 Å². The highest BCUT2D eigenvalue weighted by atomic mass is 14.9. The van der Waals surface area contributed by atoms with Crippen LogP contribution in [0.3, 0.4) is 0 Å². The topological polar surface area (TPSA) is 16.6 Å². The van der Waals surface area contributed by atoms with Crippen molar-refractivity contribution in [3.05, 3.63) is 0 Å². The maximum atomic E-state index is 2.49. The smallest absolute Gasteiger partial charge is 0.0853 e. The first-order valence-electron chi connectivity index (χ1n) is 5.51. The van der Waals surface area contributed by atoms with E-state index in [-0.39, 0.29) is 0 Å². The molecule has 0 fully saturated rings. The largest absolute Gasteiger partial charge is 0.344 e. The Labute approximate surface area is 77.9 Å². The van der Waals surface area contributed by atoms with Crippen LogP contribution in [0.15, 0.2) is 0 Å². The van der Waals surface area contributed by atoms with Crippen molar-refractivity contribution in [2.75, 3.05) is 6.54 Å². The average Bonchev–Trinajstić information content (AvgIpc) is 2.03. The summed E-state index contributed by atoms with van der Waals surface area (Å²) in [6.07, 6.45) is 5.56. The monoisotopic (exact) mass is 172 g/mol. The molecule has 0 heterocycles. The third kappa shape index (κ3) is 6.66. The summed E-state index contributed by atoms with van der Waals surface area (Å²) in [7, 11) is 0. The molecule has 0 aliphatic rings. The minimum Gasteiger partial charge on any atom is -0.344 e. The molecule has 2 N–H and O–H groups in total. The Hall–Kier alpha value is -0.0400. The summed E-state index contributed by atoms with van der Waals surface area (Å²) in [6.45, 7) is 10.5. The molecule has 1 heteroatoms. The van der Waals surface area contributed by atoms with Gasteiger partial charge in [0.15, 0.2) is 0 Å². The van der Waals surface area contributed by atoms with Gasteiger partial charge in [-0.2, -0.15) is 0 Å². The van der Waals surface area contributed by atoms with Gasteiger partial charge in [-0.05, 0) is 19.8 Å². The Morgan fingerprint density at radius 2 is 1.67 bits per heavy atom. The predicted octanol–water partition coefficient (Wildman–Crippen LogP) is 2.17. The van der Waals surface area contributed by atoms with Crippen LogP contribution in [0.5, 0.6) is 0 Å². The molecule has 0 saturated carbocycles. The van der Waals surface area contributed by atoms with E-state index >= 15 is 0 Å². The first kappa shape index (κ1) is 12.0. The average molecular weight is 172 g/mol. The summed E-state index contributed by atoms with van der Waals surface area (Å²) < 4.78 is 0. The summed E-state index contributed by atoms with van der Waals surface area (Å²) in [5, 5.41) is 2.49. The van der Waals surface area contributed by atoms with Gasteiger partial charge in [0.2, 0.25) is 0 Å². The standard InChI is InChI=1S/C11H25N/c1-5-6-7-8-9-12-11(4)10(2)3/h10-12H,5-9H2,1-4H3/p+1/t11-/m0/s1. The van der Waals surface area contributed by atoms with Crippen LogP contribution in [0.2, 0.25) is 0 Å². The molecular formula is C11H26N+. The molecule has 0 radical (unpaired) electrons. The van der Waals surface area contributed by atoms with E-state index in [2.05, 4.69) is 33.0 Å². The summed E-state index contributed by atoms with van der Waals surface area (Å²) >= 11 is 0. The predicted molar refractivity (Wildman–Crippen MR) is 55.2 cm³/mol. The Balaban J connectivity index is 3.08. The van der Waals surface area contributed by atoms with Crippen molar-refractivity contribution in [1.29, 1.82) is 0 Å². The van der Waals surface area contributed by atoms with E-state index in [9.17, 15) is 0 Å². The van der Waals surface area contributed by atoms with Crippen LogP contribution in [-0.4, -0.2) is 12.6 Å². The van der Waals surface area contributed by atoms with Crippen LogP contribution in [0.1, 0.15) is 53.4 Å². The van der Waals surface area contributed by atoms with E-state index in [0.29, 0.717) is 0 Å². The second kappa shape index (κ2) is 7.60. The first-order chi connectivity index (χ1) is 5.68. The van der Waals surface area contributed by atoms with Crippen molar-refractivity contribution >= 4 is 0 Å². The van der Waals surface area contributed by atoms with Crippen molar-refractivity contribution in [2.24, 2.45) is 5.92 Å². The lowest BCUT2D eigenvalue weighted by atomic mass is 10.1. The quantitative estimate of drug-likeness (QED) is 0.567. The van der Waals surface area contributed by atoms with E-state index in [0.717, 1.165) is 12.0 Å². The molecule has 0 aliphatic carbocycles. The maximum Gasteiger partial charge on any atom is 0.0853 e. The summed E-state index contributed by atoms with van der Waals surface area (Å²) in [5.74, 6) is 0.816. The molecule has 0 aromatic rings. The highest BCUT2D eigenvalue weighted by Crippen LogP contribution is 1.97. The normalized spacial score (nSPS) is 13.8. The fraction of sp³-hybridized carbons (Fsp3) is 1.00. The third-order valence-electron chi connectivity index (χ3n) is 2.65. The highest BCUT2D eigenvalue weighted by molar-refractivity contribution is 4.49. The fourth-order valence-corrected chi connectivity index (χ4v) is 1.22. The summed E-state index contributed by atoms with van der Waals surface area (Å²) in [6, 6.07) is 0.798. The van der Waals surface area contributed by atoms with E-state index in [1.807, 2.05) is 0 Å². The molecule has 0 aromatic carbocycles. The minimum atomic E-state index is 0.798. The molecule has 0 unspecified atom stereocenters. The highest BCUT2D eigenvalue weighted by Gasteiger charge is 2.07. The maximum absolute atomic E-state index is 2.49. The van der Waals surface area contributed by atoms with Crippen LogP contribution in [-0.2, 0) is 0 Å². The minimum absolute atomic E-state index is 0.798. The fourth-order valence-electron chi connectivity index (χ4n) is 1.22. The van der Waals surface area contributed by atoms with Gasteiger partial charge in [-0.1, -0.05) is 33.6 Å². The van der Waals surface area contributed by atoms with E-state index in [4.69, 9.17) is 0 Å². The Morgan fingerprint density at radius 1 is 1.00 bits per heavy atom. The molecule has 1 atom stereocenters. The number of unbranched alkanes of at least 4 members (excludes halogenated alkanes) is 3. The number of hydrogen-bond donors (Lipinski definition) is 1. The Morgan fingerprint density at radius 3 is 2.17 bits per heavy atom. The second-order valence-electron chi connectivity index (χ2n) is 4.19. The van der Waals surface area contributed by atoms with Crippen LogP contribution in [0.25, 0.3) is 0 Å². The van der Waals surface area contributed by atoms with Crippen molar-refractivity contribution in [2.45, 2.75) is 59.4 Å². The molecular weight excluding hydrogens is 146 g/mol. The molecule has 0 aliphatic heterocycles. The lowest BCUT2D eigenvalue weighted by molar-refractivity contribution is -0.692. The third-order valence-corrected chi connectivity index (χ3v) is 2.65. The van der Waals surface area contributed by atoms with E-state index in [1.165, 1.54) is 32.2 Å². The zero-order chi connectivity index (χ0) is 9.40. The number of hydrogen-bond acceptors (Lipinski definition) is 0. The van der Waals surface area contributed by atoms with Crippen molar-refractivity contribution in [1.82, 2.24) is 0 Å². The van der Waals surface area contributed by atoms with Crippen molar-refractivity contribution in [3.63, 3.8) is 0 Å². The van der Waals surface area contributed by atoms with Crippen LogP contribution < -0.4 is 5.32 Å². The molecule has 0 rings (SSSR count). The van der Waals surface area contributed by atoms with E-state index in [1.54, 1.807) is 0 Å². The van der Waals surface area contributed by atoms with Crippen LogP contribution >= 0.6 is 0 Å². The van der Waals surface area contributed by atoms with E-state index < -0.39 is 0 Å². The molecule has 0 aromatic heterocycles. The van der Waals surface area contributed by atoms with Crippen molar-refractivity contribution in [3.8, 4) is 0 Å². The number of nitrogens with two attached hydrogens (primary N) is 1. The molecule has 12 heavy (non-hydrogen) atoms. The van der Waals surface area contributed by atoms with Gasteiger partial charge in [-0.25, -0.2) is 0 Å². The lowest BCUT2D eigenvalue weighted by Crippen LogP contribution is -2.90. The zero-order valence-electron chi connectivity index (χ0n) is 9.27. The zero-order valence-corrected chi connectivity index (χ0v) is 9.27. The first-order valence-corrected chi connectivity index (χ1v) is 5.51. The molecule has 0 saturated heterocycles. The van der Waals surface area contributed by atoms with Crippen molar-refractivity contribution < 1.29 is 5.32 Å². The van der Waals surface area contributed by atoms with Gasteiger partial charge in [0.05, 0.1) is 12.6 Å². The molecule has 1 nitrogen and oxygen atoms in total.